The molecule has 1 aromatic carbocycles. The summed E-state index contributed by atoms with van der Waals surface area (Å²) >= 11 is 0. The van der Waals surface area contributed by atoms with E-state index >= 15 is 0 Å². The molecule has 0 unspecified atom stereocenters. The first-order valence-corrected chi connectivity index (χ1v) is 9.95. The SMILES string of the molecule is CN1CCCN(C)CCN(CCc2ccccc2)CCCN(C)CC1. The quantitative estimate of drug-likeness (QED) is 0.831. The Kier molecular flexibility index (Phi) is 9.48. The molecule has 1 aromatic rings. The lowest BCUT2D eigenvalue weighted by molar-refractivity contribution is 0.191. The predicted octanol–water partition coefficient (Wildman–Crippen LogP) is 2.12. The first-order valence-electron chi connectivity index (χ1n) is 9.95. The second-order valence-corrected chi connectivity index (χ2v) is 7.69. The average molecular weight is 347 g/mol. The Morgan fingerprint density at radius 1 is 0.640 bits per heavy atom. The van der Waals surface area contributed by atoms with E-state index < -0.39 is 0 Å². The highest BCUT2D eigenvalue weighted by atomic mass is 15.2. The number of nitrogens with zero attached hydrogens (tertiary/aromatic N) is 4. The minimum Gasteiger partial charge on any atom is -0.305 e. The van der Waals surface area contributed by atoms with Gasteiger partial charge in [0.05, 0.1) is 0 Å². The highest BCUT2D eigenvalue weighted by Gasteiger charge is 2.10. The van der Waals surface area contributed by atoms with Crippen LogP contribution in [0.2, 0.25) is 0 Å². The number of likely N-dealkylation sites (N-methyl/N-ethyl adjacent to an activating group) is 3. The molecule has 1 aliphatic heterocycles. The van der Waals surface area contributed by atoms with Crippen molar-refractivity contribution in [2.45, 2.75) is 19.3 Å². The second kappa shape index (κ2) is 11.6. The van der Waals surface area contributed by atoms with Gasteiger partial charge in [0.15, 0.2) is 0 Å². The summed E-state index contributed by atoms with van der Waals surface area (Å²) in [5.74, 6) is 0. The molecule has 0 radical (unpaired) electrons. The fourth-order valence-corrected chi connectivity index (χ4v) is 3.43. The van der Waals surface area contributed by atoms with Crippen LogP contribution in [0, 0.1) is 0 Å². The third-order valence-corrected chi connectivity index (χ3v) is 5.31. The van der Waals surface area contributed by atoms with Crippen molar-refractivity contribution in [2.75, 3.05) is 80.0 Å². The summed E-state index contributed by atoms with van der Waals surface area (Å²) in [5.41, 5.74) is 1.45. The van der Waals surface area contributed by atoms with Gasteiger partial charge in [-0.25, -0.2) is 0 Å². The summed E-state index contributed by atoms with van der Waals surface area (Å²) in [4.78, 5) is 10.1. The Hall–Kier alpha value is -0.940. The third-order valence-electron chi connectivity index (χ3n) is 5.31. The molecular weight excluding hydrogens is 308 g/mol. The first kappa shape index (κ1) is 20.4. The summed E-state index contributed by atoms with van der Waals surface area (Å²) in [6, 6.07) is 10.9. The maximum absolute atomic E-state index is 2.66. The van der Waals surface area contributed by atoms with Crippen molar-refractivity contribution >= 4 is 0 Å². The van der Waals surface area contributed by atoms with E-state index in [4.69, 9.17) is 0 Å². The van der Waals surface area contributed by atoms with Gasteiger partial charge in [-0.2, -0.15) is 0 Å². The number of rotatable bonds is 3. The largest absolute Gasteiger partial charge is 0.305 e. The lowest BCUT2D eigenvalue weighted by atomic mass is 10.1. The van der Waals surface area contributed by atoms with Crippen molar-refractivity contribution in [1.29, 1.82) is 0 Å². The molecule has 0 aliphatic carbocycles. The van der Waals surface area contributed by atoms with E-state index in [1.165, 1.54) is 77.3 Å². The maximum atomic E-state index is 2.66. The highest BCUT2D eigenvalue weighted by Crippen LogP contribution is 2.04. The highest BCUT2D eigenvalue weighted by molar-refractivity contribution is 5.14. The molecule has 142 valence electrons. The van der Waals surface area contributed by atoms with Gasteiger partial charge in [0.2, 0.25) is 0 Å². The van der Waals surface area contributed by atoms with Crippen LogP contribution in [0.4, 0.5) is 0 Å². The van der Waals surface area contributed by atoms with Gasteiger partial charge >= 0.3 is 0 Å². The van der Waals surface area contributed by atoms with Gasteiger partial charge in [0.1, 0.15) is 0 Å². The lowest BCUT2D eigenvalue weighted by Crippen LogP contribution is -2.39. The monoisotopic (exact) mass is 346 g/mol. The summed E-state index contributed by atoms with van der Waals surface area (Å²) < 4.78 is 0. The minimum atomic E-state index is 1.16. The van der Waals surface area contributed by atoms with Crippen molar-refractivity contribution in [3.63, 3.8) is 0 Å². The van der Waals surface area contributed by atoms with E-state index in [0.717, 1.165) is 6.42 Å². The van der Waals surface area contributed by atoms with E-state index in [0.29, 0.717) is 0 Å². The van der Waals surface area contributed by atoms with Crippen molar-refractivity contribution in [3.05, 3.63) is 35.9 Å². The fourth-order valence-electron chi connectivity index (χ4n) is 3.43. The van der Waals surface area contributed by atoms with Gasteiger partial charge < -0.3 is 19.6 Å². The summed E-state index contributed by atoms with van der Waals surface area (Å²) in [6.45, 7) is 10.7. The van der Waals surface area contributed by atoms with Crippen LogP contribution in [0.3, 0.4) is 0 Å². The molecule has 0 atom stereocenters. The van der Waals surface area contributed by atoms with Gasteiger partial charge in [-0.3, -0.25) is 0 Å². The van der Waals surface area contributed by atoms with Gasteiger partial charge in [-0.15, -0.1) is 0 Å². The molecule has 0 aromatic heterocycles. The summed E-state index contributed by atoms with van der Waals surface area (Å²) in [6.07, 6.45) is 3.69. The van der Waals surface area contributed by atoms with E-state index in [9.17, 15) is 0 Å². The van der Waals surface area contributed by atoms with Crippen LogP contribution in [0.15, 0.2) is 30.3 Å². The Morgan fingerprint density at radius 2 is 1.16 bits per heavy atom. The molecule has 1 saturated heterocycles. The van der Waals surface area contributed by atoms with Crippen LogP contribution >= 0.6 is 0 Å². The van der Waals surface area contributed by atoms with Gasteiger partial charge in [0.25, 0.3) is 0 Å². The Bertz CT molecular complexity index is 450. The molecule has 0 saturated carbocycles. The molecule has 1 fully saturated rings. The Labute approximate surface area is 155 Å². The van der Waals surface area contributed by atoms with Crippen LogP contribution in [0.25, 0.3) is 0 Å². The average Bonchev–Trinajstić information content (AvgIpc) is 2.62. The smallest absolute Gasteiger partial charge is 0.0109 e. The lowest BCUT2D eigenvalue weighted by Gasteiger charge is -2.28. The van der Waals surface area contributed by atoms with E-state index in [2.05, 4.69) is 71.1 Å². The van der Waals surface area contributed by atoms with Gasteiger partial charge in [-0.1, -0.05) is 30.3 Å². The van der Waals surface area contributed by atoms with Crippen molar-refractivity contribution in [1.82, 2.24) is 19.6 Å². The van der Waals surface area contributed by atoms with Crippen LogP contribution in [0.1, 0.15) is 18.4 Å². The zero-order chi connectivity index (χ0) is 17.9. The van der Waals surface area contributed by atoms with Gasteiger partial charge in [-0.05, 0) is 72.1 Å². The molecular formula is C21H38N4. The number of hydrogen-bond donors (Lipinski definition) is 0. The molecule has 4 nitrogen and oxygen atoms in total. The molecule has 25 heavy (non-hydrogen) atoms. The predicted molar refractivity (Wildman–Crippen MR) is 108 cm³/mol. The molecule has 4 heteroatoms. The van der Waals surface area contributed by atoms with E-state index in [1.54, 1.807) is 0 Å². The van der Waals surface area contributed by atoms with E-state index in [1.807, 2.05) is 0 Å². The van der Waals surface area contributed by atoms with Crippen LogP contribution in [0.5, 0.6) is 0 Å². The Balaban J connectivity index is 1.84. The number of hydrogen-bond acceptors (Lipinski definition) is 4. The molecule has 1 aliphatic rings. The molecule has 0 spiro atoms. The second-order valence-electron chi connectivity index (χ2n) is 7.69. The van der Waals surface area contributed by atoms with Crippen LogP contribution < -0.4 is 0 Å². The van der Waals surface area contributed by atoms with Crippen LogP contribution in [-0.4, -0.2) is 99.6 Å². The van der Waals surface area contributed by atoms with Gasteiger partial charge in [0, 0.05) is 32.7 Å². The summed E-state index contributed by atoms with van der Waals surface area (Å²) in [7, 11) is 6.79. The Morgan fingerprint density at radius 3 is 1.76 bits per heavy atom. The first-order chi connectivity index (χ1) is 12.1. The van der Waals surface area contributed by atoms with Crippen molar-refractivity contribution in [3.8, 4) is 0 Å². The normalized spacial score (nSPS) is 21.9. The maximum Gasteiger partial charge on any atom is 0.0109 e. The molecule has 0 amide bonds. The summed E-state index contributed by atoms with van der Waals surface area (Å²) in [5, 5.41) is 0. The molecule has 0 N–H and O–H groups in total. The topological polar surface area (TPSA) is 13.0 Å². The third kappa shape index (κ3) is 8.82. The van der Waals surface area contributed by atoms with Crippen molar-refractivity contribution < 1.29 is 0 Å². The molecule has 0 bridgehead atoms. The fraction of sp³-hybridized carbons (Fsp3) is 0.714. The van der Waals surface area contributed by atoms with Crippen LogP contribution in [-0.2, 0) is 6.42 Å². The molecule has 1 heterocycles. The standard InChI is InChI=1S/C21H38N4/c1-22-12-7-13-24(3)19-20-25(15-8-14-23(2)18-17-22)16-11-21-9-5-4-6-10-21/h4-6,9-10H,7-8,11-20H2,1-3H3. The molecule has 2 rings (SSSR count). The van der Waals surface area contributed by atoms with E-state index in [-0.39, 0.29) is 0 Å². The minimum absolute atomic E-state index is 1.16. The zero-order valence-corrected chi connectivity index (χ0v) is 16.7. The number of benzene rings is 1. The van der Waals surface area contributed by atoms with Crippen molar-refractivity contribution in [2.24, 2.45) is 0 Å². The zero-order valence-electron chi connectivity index (χ0n) is 16.7.